The van der Waals surface area contributed by atoms with Crippen LogP contribution in [0, 0.1) is 12.8 Å². The van der Waals surface area contributed by atoms with Crippen LogP contribution in [0.5, 0.6) is 5.88 Å². The summed E-state index contributed by atoms with van der Waals surface area (Å²) in [6, 6.07) is 1.92. The van der Waals surface area contributed by atoms with Crippen LogP contribution in [-0.4, -0.2) is 29.7 Å². The van der Waals surface area contributed by atoms with Crippen molar-refractivity contribution in [1.82, 2.24) is 15.3 Å². The molecule has 0 amide bonds. The third-order valence-electron chi connectivity index (χ3n) is 3.23. The SMILES string of the molecule is Cc1cc(OCC2CCCNC2)nc(C(C)C)n1. The molecule has 1 aliphatic heterocycles. The summed E-state index contributed by atoms with van der Waals surface area (Å²) in [5.74, 6) is 2.53. The van der Waals surface area contributed by atoms with Gasteiger partial charge in [-0.15, -0.1) is 0 Å². The minimum atomic E-state index is 0.337. The molecule has 4 nitrogen and oxygen atoms in total. The highest BCUT2D eigenvalue weighted by atomic mass is 16.5. The Bertz CT molecular complexity index is 387. The minimum Gasteiger partial charge on any atom is -0.477 e. The second-order valence-electron chi connectivity index (χ2n) is 5.38. The predicted octanol–water partition coefficient (Wildman–Crippen LogP) is 2.29. The fourth-order valence-electron chi connectivity index (χ4n) is 2.16. The molecule has 0 spiro atoms. The van der Waals surface area contributed by atoms with E-state index in [1.54, 1.807) is 0 Å². The van der Waals surface area contributed by atoms with Crippen LogP contribution >= 0.6 is 0 Å². The van der Waals surface area contributed by atoms with Gasteiger partial charge in [-0.1, -0.05) is 13.8 Å². The number of piperidine rings is 1. The van der Waals surface area contributed by atoms with E-state index in [2.05, 4.69) is 29.1 Å². The van der Waals surface area contributed by atoms with Crippen LogP contribution in [0.2, 0.25) is 0 Å². The largest absolute Gasteiger partial charge is 0.477 e. The van der Waals surface area contributed by atoms with Gasteiger partial charge >= 0.3 is 0 Å². The highest BCUT2D eigenvalue weighted by Gasteiger charge is 2.14. The molecule has 18 heavy (non-hydrogen) atoms. The van der Waals surface area contributed by atoms with Crippen molar-refractivity contribution in [2.45, 2.75) is 39.5 Å². The number of hydrogen-bond acceptors (Lipinski definition) is 4. The maximum Gasteiger partial charge on any atom is 0.216 e. The molecule has 0 aromatic carbocycles. The summed E-state index contributed by atoms with van der Waals surface area (Å²) in [6.45, 7) is 9.14. The predicted molar refractivity (Wildman–Crippen MR) is 71.9 cm³/mol. The molecule has 1 unspecified atom stereocenters. The number of hydrogen-bond donors (Lipinski definition) is 1. The number of nitrogens with zero attached hydrogens (tertiary/aromatic N) is 2. The van der Waals surface area contributed by atoms with Gasteiger partial charge in [-0.25, -0.2) is 4.98 Å². The summed E-state index contributed by atoms with van der Waals surface area (Å²) in [5.41, 5.74) is 0.977. The van der Waals surface area contributed by atoms with Gasteiger partial charge in [-0.3, -0.25) is 0 Å². The molecule has 2 heterocycles. The third kappa shape index (κ3) is 3.67. The van der Waals surface area contributed by atoms with Crippen LogP contribution in [0.4, 0.5) is 0 Å². The van der Waals surface area contributed by atoms with Crippen LogP contribution in [-0.2, 0) is 0 Å². The third-order valence-corrected chi connectivity index (χ3v) is 3.23. The average Bonchev–Trinajstić information content (AvgIpc) is 2.37. The summed E-state index contributed by atoms with van der Waals surface area (Å²) >= 11 is 0. The van der Waals surface area contributed by atoms with Crippen molar-refractivity contribution in [1.29, 1.82) is 0 Å². The van der Waals surface area contributed by atoms with E-state index in [0.29, 0.717) is 11.8 Å². The molecule has 1 fully saturated rings. The standard InChI is InChI=1S/C14H23N3O/c1-10(2)14-16-11(3)7-13(17-14)18-9-12-5-4-6-15-8-12/h7,10,12,15H,4-6,8-9H2,1-3H3. The lowest BCUT2D eigenvalue weighted by Crippen LogP contribution is -2.33. The van der Waals surface area contributed by atoms with Gasteiger partial charge in [0.2, 0.25) is 5.88 Å². The van der Waals surface area contributed by atoms with Crippen LogP contribution < -0.4 is 10.1 Å². The molecule has 1 atom stereocenters. The second kappa shape index (κ2) is 6.14. The monoisotopic (exact) mass is 249 g/mol. The summed E-state index contributed by atoms with van der Waals surface area (Å²) < 4.78 is 5.83. The first-order valence-corrected chi connectivity index (χ1v) is 6.84. The smallest absolute Gasteiger partial charge is 0.216 e. The second-order valence-corrected chi connectivity index (χ2v) is 5.38. The highest BCUT2D eigenvalue weighted by Crippen LogP contribution is 2.17. The fraction of sp³-hybridized carbons (Fsp3) is 0.714. The molecular formula is C14H23N3O. The Morgan fingerprint density at radius 2 is 2.28 bits per heavy atom. The molecule has 2 rings (SSSR count). The summed E-state index contributed by atoms with van der Waals surface area (Å²) in [5, 5.41) is 3.40. The van der Waals surface area contributed by atoms with Crippen molar-refractivity contribution >= 4 is 0 Å². The average molecular weight is 249 g/mol. The van der Waals surface area contributed by atoms with Crippen molar-refractivity contribution in [3.05, 3.63) is 17.6 Å². The van der Waals surface area contributed by atoms with E-state index >= 15 is 0 Å². The lowest BCUT2D eigenvalue weighted by Gasteiger charge is -2.22. The Hall–Kier alpha value is -1.16. The molecule has 0 aliphatic carbocycles. The number of rotatable bonds is 4. The first kappa shape index (κ1) is 13.3. The summed E-state index contributed by atoms with van der Waals surface area (Å²) in [7, 11) is 0. The van der Waals surface area contributed by atoms with Gasteiger partial charge in [0.15, 0.2) is 0 Å². The maximum absolute atomic E-state index is 5.83. The van der Waals surface area contributed by atoms with Crippen LogP contribution in [0.1, 0.15) is 44.1 Å². The van der Waals surface area contributed by atoms with Crippen molar-refractivity contribution in [2.75, 3.05) is 19.7 Å². The Morgan fingerprint density at radius 1 is 1.44 bits per heavy atom. The van der Waals surface area contributed by atoms with E-state index in [4.69, 9.17) is 4.74 Å². The molecule has 0 radical (unpaired) electrons. The molecule has 4 heteroatoms. The topological polar surface area (TPSA) is 47.0 Å². The zero-order valence-corrected chi connectivity index (χ0v) is 11.6. The molecule has 0 saturated carbocycles. The summed E-state index contributed by atoms with van der Waals surface area (Å²) in [6.07, 6.45) is 2.49. The van der Waals surface area contributed by atoms with E-state index in [9.17, 15) is 0 Å². The lowest BCUT2D eigenvalue weighted by molar-refractivity contribution is 0.211. The normalized spacial score (nSPS) is 20.1. The first-order valence-electron chi connectivity index (χ1n) is 6.84. The van der Waals surface area contributed by atoms with E-state index in [0.717, 1.165) is 37.1 Å². The molecule has 1 aromatic rings. The Kier molecular flexibility index (Phi) is 4.53. The van der Waals surface area contributed by atoms with Gasteiger partial charge in [0.05, 0.1) is 6.61 Å². The highest BCUT2D eigenvalue weighted by molar-refractivity contribution is 5.16. The minimum absolute atomic E-state index is 0.337. The number of ether oxygens (including phenoxy) is 1. The molecule has 1 aliphatic rings. The lowest BCUT2D eigenvalue weighted by atomic mass is 10.0. The van der Waals surface area contributed by atoms with Crippen LogP contribution in [0.15, 0.2) is 6.07 Å². The fourth-order valence-corrected chi connectivity index (χ4v) is 2.16. The molecule has 1 aromatic heterocycles. The van der Waals surface area contributed by atoms with Crippen molar-refractivity contribution < 1.29 is 4.74 Å². The van der Waals surface area contributed by atoms with Gasteiger partial charge in [-0.05, 0) is 26.3 Å². The van der Waals surface area contributed by atoms with Crippen molar-refractivity contribution in [2.24, 2.45) is 5.92 Å². The van der Waals surface area contributed by atoms with E-state index in [-0.39, 0.29) is 0 Å². The van der Waals surface area contributed by atoms with Gasteiger partial charge in [0, 0.05) is 30.1 Å². The number of nitrogens with one attached hydrogen (secondary N) is 1. The van der Waals surface area contributed by atoms with Crippen LogP contribution in [0.25, 0.3) is 0 Å². The molecule has 1 N–H and O–H groups in total. The quantitative estimate of drug-likeness (QED) is 0.889. The Balaban J connectivity index is 1.95. The van der Waals surface area contributed by atoms with Crippen molar-refractivity contribution in [3.8, 4) is 5.88 Å². The van der Waals surface area contributed by atoms with Crippen molar-refractivity contribution in [3.63, 3.8) is 0 Å². The molecule has 100 valence electrons. The maximum atomic E-state index is 5.83. The first-order chi connectivity index (χ1) is 8.65. The van der Waals surface area contributed by atoms with Gasteiger partial charge in [0.1, 0.15) is 5.82 Å². The molecular weight excluding hydrogens is 226 g/mol. The Morgan fingerprint density at radius 3 is 2.94 bits per heavy atom. The zero-order chi connectivity index (χ0) is 13.0. The summed E-state index contributed by atoms with van der Waals surface area (Å²) in [4.78, 5) is 8.89. The van der Waals surface area contributed by atoms with E-state index < -0.39 is 0 Å². The number of aromatic nitrogens is 2. The van der Waals surface area contributed by atoms with Crippen LogP contribution in [0.3, 0.4) is 0 Å². The van der Waals surface area contributed by atoms with Gasteiger partial charge in [0.25, 0.3) is 0 Å². The van der Waals surface area contributed by atoms with E-state index in [1.807, 2.05) is 13.0 Å². The molecule has 0 bridgehead atoms. The van der Waals surface area contributed by atoms with Gasteiger partial charge in [-0.2, -0.15) is 4.98 Å². The zero-order valence-electron chi connectivity index (χ0n) is 11.6. The van der Waals surface area contributed by atoms with E-state index in [1.165, 1.54) is 12.8 Å². The van der Waals surface area contributed by atoms with Gasteiger partial charge < -0.3 is 10.1 Å². The molecule has 1 saturated heterocycles. The Labute approximate surface area is 109 Å². The number of aryl methyl sites for hydroxylation is 1.